The third-order valence-corrected chi connectivity index (χ3v) is 13.6. The number of aryl methyl sites for hydroxylation is 1. The number of pyridine rings is 1. The van der Waals surface area contributed by atoms with Gasteiger partial charge in [-0.25, -0.2) is 9.98 Å². The molecule has 2 aliphatic heterocycles. The van der Waals surface area contributed by atoms with Gasteiger partial charge in [0.15, 0.2) is 5.60 Å². The highest BCUT2D eigenvalue weighted by Crippen LogP contribution is 2.55. The molecule has 0 N–H and O–H groups in total. The molecule has 7 aromatic rings. The minimum atomic E-state index is -0.713. The summed E-state index contributed by atoms with van der Waals surface area (Å²) in [4.78, 5) is 10.6. The van der Waals surface area contributed by atoms with Crippen LogP contribution in [0.4, 0.5) is 0 Å². The van der Waals surface area contributed by atoms with Crippen molar-refractivity contribution in [3.8, 4) is 17.2 Å². The van der Waals surface area contributed by atoms with E-state index in [-0.39, 0.29) is 16.2 Å². The van der Waals surface area contributed by atoms with Gasteiger partial charge in [0.1, 0.15) is 22.7 Å². The van der Waals surface area contributed by atoms with Crippen molar-refractivity contribution < 1.29 is 9.47 Å². The van der Waals surface area contributed by atoms with E-state index >= 15 is 0 Å². The standard InChI is InChI=1S/C53H53N3O2/c1-31-23-42-44(56-46-39(38-19-16-22-54-47(38)56)28-36(50(5,6)7)29-43(46)51(42,8)9)30-45(31)57-37-26-34(25-35(27-37)49(2,3)4)48-55-52(10)40-20-14-12-17-32(40)24-33-18-13-15-21-41(33)53(52,11)58-48/h12-23,25-30H,24H2,1-11H3/t52-,53+/m1/s1. The lowest BCUT2D eigenvalue weighted by molar-refractivity contribution is 0.0289. The third-order valence-electron chi connectivity index (χ3n) is 13.6. The largest absolute Gasteiger partial charge is 0.463 e. The molecule has 4 heterocycles. The minimum Gasteiger partial charge on any atom is -0.463 e. The van der Waals surface area contributed by atoms with Gasteiger partial charge in [0, 0.05) is 39.6 Å². The number of hydrogen-bond donors (Lipinski definition) is 0. The first-order valence-corrected chi connectivity index (χ1v) is 20.8. The monoisotopic (exact) mass is 763 g/mol. The van der Waals surface area contributed by atoms with Crippen molar-refractivity contribution in [2.24, 2.45) is 4.99 Å². The lowest BCUT2D eigenvalue weighted by atomic mass is 9.72. The Morgan fingerprint density at radius 1 is 0.672 bits per heavy atom. The molecule has 3 aliphatic rings. The van der Waals surface area contributed by atoms with Crippen LogP contribution in [0.5, 0.6) is 11.5 Å². The van der Waals surface area contributed by atoms with Crippen LogP contribution in [0.1, 0.15) is 125 Å². The van der Waals surface area contributed by atoms with Crippen molar-refractivity contribution in [2.75, 3.05) is 0 Å². The van der Waals surface area contributed by atoms with E-state index in [1.807, 2.05) is 6.20 Å². The first kappa shape index (κ1) is 36.6. The topological polar surface area (TPSA) is 48.6 Å². The van der Waals surface area contributed by atoms with Gasteiger partial charge in [-0.05, 0) is 125 Å². The molecule has 2 aromatic heterocycles. The molecule has 1 aliphatic carbocycles. The van der Waals surface area contributed by atoms with Crippen LogP contribution in [0.2, 0.25) is 0 Å². The SMILES string of the molecule is Cc1cc2c(cc1Oc1cc(C3=N[C@]4(C)c5ccccc5Cc5ccccc5[C@]4(C)O3)cc(C(C)(C)C)c1)-n1c3ncccc3c3cc(C(C)(C)C)cc(c31)C2(C)C. The lowest BCUT2D eigenvalue weighted by Crippen LogP contribution is -2.42. The zero-order chi connectivity index (χ0) is 40.7. The zero-order valence-corrected chi connectivity index (χ0v) is 35.8. The van der Waals surface area contributed by atoms with Gasteiger partial charge < -0.3 is 9.47 Å². The van der Waals surface area contributed by atoms with Crippen molar-refractivity contribution in [1.29, 1.82) is 0 Å². The molecular formula is C53H53N3O2. The second kappa shape index (κ2) is 11.9. The van der Waals surface area contributed by atoms with Gasteiger partial charge in [-0.2, -0.15) is 0 Å². The van der Waals surface area contributed by atoms with E-state index < -0.39 is 11.1 Å². The summed E-state index contributed by atoms with van der Waals surface area (Å²) in [5, 5.41) is 2.41. The molecule has 0 amide bonds. The summed E-state index contributed by atoms with van der Waals surface area (Å²) in [5.74, 6) is 2.20. The van der Waals surface area contributed by atoms with Crippen molar-refractivity contribution in [3.63, 3.8) is 0 Å². The molecular weight excluding hydrogens is 711 g/mol. The Labute approximate surface area is 342 Å². The van der Waals surface area contributed by atoms with E-state index in [9.17, 15) is 0 Å². The molecule has 2 atom stereocenters. The quantitative estimate of drug-likeness (QED) is 0.180. The number of aliphatic imine (C=N–C) groups is 1. The molecule has 292 valence electrons. The highest BCUT2D eigenvalue weighted by molar-refractivity contribution is 6.10. The lowest BCUT2D eigenvalue weighted by Gasteiger charge is -2.38. The molecule has 5 aromatic carbocycles. The maximum atomic E-state index is 7.21. The van der Waals surface area contributed by atoms with Crippen LogP contribution in [-0.4, -0.2) is 15.4 Å². The smallest absolute Gasteiger partial charge is 0.218 e. The normalized spacial score (nSPS) is 20.4. The number of hydrogen-bond acceptors (Lipinski definition) is 4. The average molecular weight is 764 g/mol. The molecule has 5 heteroatoms. The molecule has 0 saturated carbocycles. The number of rotatable bonds is 3. The van der Waals surface area contributed by atoms with E-state index in [2.05, 4.69) is 184 Å². The number of ether oxygens (including phenoxy) is 2. The molecule has 0 unspecified atom stereocenters. The first-order chi connectivity index (χ1) is 27.4. The van der Waals surface area contributed by atoms with Crippen LogP contribution < -0.4 is 4.74 Å². The van der Waals surface area contributed by atoms with Gasteiger partial charge in [-0.3, -0.25) is 4.57 Å². The summed E-state index contributed by atoms with van der Waals surface area (Å²) in [6, 6.07) is 37.6. The van der Waals surface area contributed by atoms with Crippen LogP contribution >= 0.6 is 0 Å². The predicted molar refractivity (Wildman–Crippen MR) is 237 cm³/mol. The number of fused-ring (bicyclic) bond motifs is 10. The van der Waals surface area contributed by atoms with Crippen molar-refractivity contribution in [3.05, 3.63) is 165 Å². The van der Waals surface area contributed by atoms with E-state index in [1.54, 1.807) is 0 Å². The molecule has 0 radical (unpaired) electrons. The maximum Gasteiger partial charge on any atom is 0.218 e. The van der Waals surface area contributed by atoms with E-state index in [4.69, 9.17) is 19.5 Å². The Hall–Kier alpha value is -5.68. The maximum absolute atomic E-state index is 7.21. The van der Waals surface area contributed by atoms with Gasteiger partial charge in [0.25, 0.3) is 0 Å². The first-order valence-electron chi connectivity index (χ1n) is 20.8. The molecule has 10 rings (SSSR count). The minimum absolute atomic E-state index is 0.00254. The molecule has 58 heavy (non-hydrogen) atoms. The van der Waals surface area contributed by atoms with Crippen molar-refractivity contribution in [2.45, 2.75) is 110 Å². The predicted octanol–water partition coefficient (Wildman–Crippen LogP) is 13.0. The Balaban J connectivity index is 1.13. The van der Waals surface area contributed by atoms with Crippen molar-refractivity contribution >= 4 is 27.8 Å². The zero-order valence-electron chi connectivity index (χ0n) is 35.8. The van der Waals surface area contributed by atoms with Gasteiger partial charge in [-0.1, -0.05) is 110 Å². The second-order valence-corrected chi connectivity index (χ2v) is 19.9. The molecule has 5 nitrogen and oxygen atoms in total. The number of benzene rings is 5. The van der Waals surface area contributed by atoms with Crippen LogP contribution in [0.25, 0.3) is 27.6 Å². The van der Waals surface area contributed by atoms with Gasteiger partial charge in [0.05, 0.1) is 11.2 Å². The fourth-order valence-electron chi connectivity index (χ4n) is 9.95. The van der Waals surface area contributed by atoms with E-state index in [0.717, 1.165) is 45.9 Å². The molecule has 0 spiro atoms. The van der Waals surface area contributed by atoms with Gasteiger partial charge in [0.2, 0.25) is 5.90 Å². The second-order valence-electron chi connectivity index (χ2n) is 19.9. The number of nitrogens with zero attached hydrogens (tertiary/aromatic N) is 3. The van der Waals surface area contributed by atoms with Crippen molar-refractivity contribution in [1.82, 2.24) is 9.55 Å². The van der Waals surface area contributed by atoms with Crippen LogP contribution in [-0.2, 0) is 38.5 Å². The van der Waals surface area contributed by atoms with Gasteiger partial charge in [-0.15, -0.1) is 0 Å². The summed E-state index contributed by atoms with van der Waals surface area (Å²) in [7, 11) is 0. The highest BCUT2D eigenvalue weighted by atomic mass is 16.5. The van der Waals surface area contributed by atoms with Crippen LogP contribution in [0.15, 0.2) is 114 Å². The Morgan fingerprint density at radius 2 is 1.34 bits per heavy atom. The molecule has 0 bridgehead atoms. The summed E-state index contributed by atoms with van der Waals surface area (Å²) >= 11 is 0. The van der Waals surface area contributed by atoms with E-state index in [1.165, 1.54) is 55.2 Å². The van der Waals surface area contributed by atoms with E-state index in [0.29, 0.717) is 5.90 Å². The summed E-state index contributed by atoms with van der Waals surface area (Å²) in [5.41, 5.74) is 13.6. The Morgan fingerprint density at radius 3 is 2.07 bits per heavy atom. The van der Waals surface area contributed by atoms with Gasteiger partial charge >= 0.3 is 0 Å². The summed E-state index contributed by atoms with van der Waals surface area (Å²) in [6.07, 6.45) is 2.76. The fourth-order valence-corrected chi connectivity index (χ4v) is 9.95. The van der Waals surface area contributed by atoms with Crippen LogP contribution in [0, 0.1) is 6.92 Å². The fraction of sp³-hybridized carbons (Fsp3) is 0.321. The molecule has 0 saturated heterocycles. The highest BCUT2D eigenvalue weighted by Gasteiger charge is 2.57. The number of aromatic nitrogens is 2. The Bertz CT molecular complexity index is 2920. The third kappa shape index (κ3) is 5.14. The van der Waals surface area contributed by atoms with Crippen LogP contribution in [0.3, 0.4) is 0 Å². The molecule has 0 fully saturated rings. The average Bonchev–Trinajstić information content (AvgIpc) is 3.63. The summed E-state index contributed by atoms with van der Waals surface area (Å²) in [6.45, 7) is 25.0. The summed E-state index contributed by atoms with van der Waals surface area (Å²) < 4.78 is 16.7. The Kier molecular flexibility index (Phi) is 7.54.